The van der Waals surface area contributed by atoms with Crippen LogP contribution < -0.4 is 5.73 Å². The summed E-state index contributed by atoms with van der Waals surface area (Å²) in [6.07, 6.45) is 0. The van der Waals surface area contributed by atoms with Crippen LogP contribution in [0.4, 0.5) is 10.1 Å². The number of carbonyl (C=O) groups excluding carboxylic acids is 1. The number of hydrogen-bond acceptors (Lipinski definition) is 4. The maximum Gasteiger partial charge on any atom is 0.340 e. The molecule has 0 atom stereocenters. The van der Waals surface area contributed by atoms with Crippen LogP contribution in [0.2, 0.25) is 0 Å². The predicted molar refractivity (Wildman–Crippen MR) is 75.6 cm³/mol. The van der Waals surface area contributed by atoms with Crippen LogP contribution in [0.15, 0.2) is 22.7 Å². The molecule has 0 bridgehead atoms. The first kappa shape index (κ1) is 14.5. The van der Waals surface area contributed by atoms with Crippen molar-refractivity contribution in [2.24, 2.45) is 7.05 Å². The number of ether oxygens (including phenoxy) is 1. The van der Waals surface area contributed by atoms with Crippen molar-refractivity contribution in [3.63, 3.8) is 0 Å². The molecule has 0 aliphatic rings. The van der Waals surface area contributed by atoms with Gasteiger partial charge in [-0.1, -0.05) is 0 Å². The molecule has 0 saturated carbocycles. The average molecular weight is 342 g/mol. The molecular weight excluding hydrogens is 329 g/mol. The minimum Gasteiger partial charge on any atom is -0.455 e. The van der Waals surface area contributed by atoms with Crippen LogP contribution in [-0.2, 0) is 18.4 Å². The molecule has 1 heterocycles. The number of carbonyl (C=O) groups is 1. The number of nitrogens with two attached hydrogens (primary N) is 1. The molecule has 2 N–H and O–H groups in total. The van der Waals surface area contributed by atoms with E-state index in [1.165, 1.54) is 12.1 Å². The molecule has 1 aromatic heterocycles. The number of hydrogen-bond donors (Lipinski definition) is 1. The quantitative estimate of drug-likeness (QED) is 0.688. The molecule has 0 radical (unpaired) electrons. The van der Waals surface area contributed by atoms with Gasteiger partial charge in [0, 0.05) is 12.7 Å². The largest absolute Gasteiger partial charge is 0.455 e. The van der Waals surface area contributed by atoms with Crippen LogP contribution in [-0.4, -0.2) is 15.7 Å². The molecule has 2 aromatic rings. The van der Waals surface area contributed by atoms with Crippen LogP contribution in [0.5, 0.6) is 0 Å². The standard InChI is InChI=1S/C13H13BrFN3O2/c1-7-12(14)11(18(2)17-7)6-20-13(19)9-5-8(15)3-4-10(9)16/h3-5H,6,16H2,1-2H3. The average Bonchev–Trinajstić information content (AvgIpc) is 2.64. The zero-order valence-electron chi connectivity index (χ0n) is 11.0. The van der Waals surface area contributed by atoms with Crippen molar-refractivity contribution in [2.75, 3.05) is 5.73 Å². The second-order valence-corrected chi connectivity index (χ2v) is 5.07. The maximum absolute atomic E-state index is 13.1. The molecule has 5 nitrogen and oxygen atoms in total. The van der Waals surface area contributed by atoms with Gasteiger partial charge in [-0.25, -0.2) is 9.18 Å². The van der Waals surface area contributed by atoms with E-state index in [0.29, 0.717) is 5.69 Å². The van der Waals surface area contributed by atoms with Crippen LogP contribution in [0.1, 0.15) is 21.7 Å². The van der Waals surface area contributed by atoms with Crippen molar-refractivity contribution in [1.29, 1.82) is 0 Å². The third-order valence-corrected chi connectivity index (χ3v) is 3.87. The Morgan fingerprint density at radius 3 is 2.85 bits per heavy atom. The number of nitrogen functional groups attached to an aromatic ring is 1. The normalized spacial score (nSPS) is 10.6. The lowest BCUT2D eigenvalue weighted by Crippen LogP contribution is -2.10. The van der Waals surface area contributed by atoms with Crippen molar-refractivity contribution in [2.45, 2.75) is 13.5 Å². The van der Waals surface area contributed by atoms with Crippen LogP contribution in [0.3, 0.4) is 0 Å². The Labute approximate surface area is 123 Å². The summed E-state index contributed by atoms with van der Waals surface area (Å²) in [4.78, 5) is 11.9. The number of halogens is 2. The van der Waals surface area contributed by atoms with E-state index in [4.69, 9.17) is 10.5 Å². The molecule has 0 fully saturated rings. The van der Waals surface area contributed by atoms with E-state index in [0.717, 1.165) is 16.2 Å². The summed E-state index contributed by atoms with van der Waals surface area (Å²) in [7, 11) is 1.75. The Morgan fingerprint density at radius 1 is 1.55 bits per heavy atom. The van der Waals surface area contributed by atoms with E-state index in [1.54, 1.807) is 11.7 Å². The zero-order valence-corrected chi connectivity index (χ0v) is 12.6. The van der Waals surface area contributed by atoms with Crippen molar-refractivity contribution in [1.82, 2.24) is 9.78 Å². The second kappa shape index (κ2) is 5.62. The first-order valence-electron chi connectivity index (χ1n) is 5.80. The lowest BCUT2D eigenvalue weighted by molar-refractivity contribution is 0.0463. The van der Waals surface area contributed by atoms with Crippen LogP contribution in [0.25, 0.3) is 0 Å². The molecule has 2 rings (SSSR count). The van der Waals surface area contributed by atoms with E-state index >= 15 is 0 Å². The highest BCUT2D eigenvalue weighted by Crippen LogP contribution is 2.22. The topological polar surface area (TPSA) is 70.1 Å². The third-order valence-electron chi connectivity index (χ3n) is 2.84. The Hall–Kier alpha value is -1.89. The minimum absolute atomic E-state index is 0.0139. The molecule has 7 heteroatoms. The lowest BCUT2D eigenvalue weighted by atomic mass is 10.2. The van der Waals surface area contributed by atoms with Crippen molar-refractivity contribution >= 4 is 27.6 Å². The van der Waals surface area contributed by atoms with Gasteiger partial charge in [-0.05, 0) is 41.1 Å². The van der Waals surface area contributed by atoms with Gasteiger partial charge in [0.05, 0.1) is 21.4 Å². The number of benzene rings is 1. The summed E-state index contributed by atoms with van der Waals surface area (Å²) in [5, 5.41) is 4.19. The number of rotatable bonds is 3. The van der Waals surface area contributed by atoms with E-state index < -0.39 is 11.8 Å². The molecule has 106 valence electrons. The fraction of sp³-hybridized carbons (Fsp3) is 0.231. The summed E-state index contributed by atoms with van der Waals surface area (Å²) in [6, 6.07) is 3.57. The summed E-state index contributed by atoms with van der Waals surface area (Å²) < 4.78 is 20.7. The fourth-order valence-corrected chi connectivity index (χ4v) is 2.20. The smallest absolute Gasteiger partial charge is 0.340 e. The molecule has 0 aliphatic heterocycles. The molecule has 0 amide bonds. The number of aryl methyl sites for hydroxylation is 2. The molecule has 0 saturated heterocycles. The first-order valence-corrected chi connectivity index (χ1v) is 6.59. The Balaban J connectivity index is 2.15. The van der Waals surface area contributed by atoms with Gasteiger partial charge in [-0.2, -0.15) is 5.10 Å². The molecular formula is C13H13BrFN3O2. The summed E-state index contributed by atoms with van der Waals surface area (Å²) >= 11 is 3.37. The Kier molecular flexibility index (Phi) is 4.08. The number of nitrogens with zero attached hydrogens (tertiary/aromatic N) is 2. The predicted octanol–water partition coefficient (Wildman–Crippen LogP) is 2.57. The van der Waals surface area contributed by atoms with Gasteiger partial charge in [0.2, 0.25) is 0 Å². The maximum atomic E-state index is 13.1. The van der Waals surface area contributed by atoms with E-state index in [9.17, 15) is 9.18 Å². The van der Waals surface area contributed by atoms with Gasteiger partial charge in [-0.3, -0.25) is 4.68 Å². The summed E-state index contributed by atoms with van der Waals surface area (Å²) in [5.74, 6) is -1.21. The van der Waals surface area contributed by atoms with Crippen molar-refractivity contribution in [3.05, 3.63) is 45.4 Å². The monoisotopic (exact) mass is 341 g/mol. The van der Waals surface area contributed by atoms with E-state index in [1.807, 2.05) is 6.92 Å². The van der Waals surface area contributed by atoms with Gasteiger partial charge >= 0.3 is 5.97 Å². The minimum atomic E-state index is -0.673. The summed E-state index contributed by atoms with van der Waals surface area (Å²) in [6.45, 7) is 1.85. The van der Waals surface area contributed by atoms with Crippen molar-refractivity contribution < 1.29 is 13.9 Å². The van der Waals surface area contributed by atoms with Gasteiger partial charge in [0.25, 0.3) is 0 Å². The van der Waals surface area contributed by atoms with Gasteiger partial charge in [-0.15, -0.1) is 0 Å². The van der Waals surface area contributed by atoms with Crippen LogP contribution in [0, 0.1) is 12.7 Å². The second-order valence-electron chi connectivity index (χ2n) is 4.28. The number of aromatic nitrogens is 2. The van der Waals surface area contributed by atoms with E-state index in [2.05, 4.69) is 21.0 Å². The third kappa shape index (κ3) is 2.82. The summed E-state index contributed by atoms with van der Waals surface area (Å²) in [5.41, 5.74) is 7.33. The van der Waals surface area contributed by atoms with Crippen LogP contribution >= 0.6 is 15.9 Å². The number of esters is 1. The molecule has 0 spiro atoms. The van der Waals surface area contributed by atoms with Gasteiger partial charge in [0.15, 0.2) is 0 Å². The molecule has 20 heavy (non-hydrogen) atoms. The van der Waals surface area contributed by atoms with Gasteiger partial charge < -0.3 is 10.5 Å². The zero-order chi connectivity index (χ0) is 14.9. The molecule has 0 aliphatic carbocycles. The highest BCUT2D eigenvalue weighted by molar-refractivity contribution is 9.10. The highest BCUT2D eigenvalue weighted by Gasteiger charge is 2.16. The van der Waals surface area contributed by atoms with Crippen molar-refractivity contribution in [3.8, 4) is 0 Å². The molecule has 0 unspecified atom stereocenters. The van der Waals surface area contributed by atoms with Gasteiger partial charge in [0.1, 0.15) is 12.4 Å². The number of anilines is 1. The lowest BCUT2D eigenvalue weighted by Gasteiger charge is -2.08. The first-order chi connectivity index (χ1) is 9.40. The SMILES string of the molecule is Cc1nn(C)c(COC(=O)c2cc(F)ccc2N)c1Br. The Morgan fingerprint density at radius 2 is 2.25 bits per heavy atom. The van der Waals surface area contributed by atoms with E-state index in [-0.39, 0.29) is 17.9 Å². The Bertz CT molecular complexity index is 670. The highest BCUT2D eigenvalue weighted by atomic mass is 79.9. The molecule has 1 aromatic carbocycles. The fourth-order valence-electron chi connectivity index (χ4n) is 1.75.